The average molecular weight is 307 g/mol. The Balaban J connectivity index is 1.54. The number of rotatable bonds is 3. The Bertz CT molecular complexity index is 888. The Labute approximate surface area is 133 Å². The van der Waals surface area contributed by atoms with E-state index in [9.17, 15) is 5.26 Å². The van der Waals surface area contributed by atoms with E-state index in [4.69, 9.17) is 4.52 Å². The first-order chi connectivity index (χ1) is 11.2. The highest BCUT2D eigenvalue weighted by Crippen LogP contribution is 2.28. The predicted octanol–water partition coefficient (Wildman–Crippen LogP) is 2.49. The monoisotopic (exact) mass is 307 g/mol. The van der Waals surface area contributed by atoms with Gasteiger partial charge in [0.15, 0.2) is 5.82 Å². The van der Waals surface area contributed by atoms with Gasteiger partial charge in [-0.1, -0.05) is 11.2 Å². The molecule has 4 heterocycles. The van der Waals surface area contributed by atoms with Gasteiger partial charge in [0, 0.05) is 31.0 Å². The third-order valence-corrected chi connectivity index (χ3v) is 4.43. The topological polar surface area (TPSA) is 70.4 Å². The Morgan fingerprint density at radius 1 is 1.43 bits per heavy atom. The van der Waals surface area contributed by atoms with Crippen LogP contribution in [0.5, 0.6) is 0 Å². The van der Waals surface area contributed by atoms with Crippen LogP contribution in [0.1, 0.15) is 35.2 Å². The zero-order valence-corrected chi connectivity index (χ0v) is 12.9. The highest BCUT2D eigenvalue weighted by Gasteiger charge is 2.28. The van der Waals surface area contributed by atoms with Crippen molar-refractivity contribution in [2.45, 2.75) is 25.8 Å². The molecule has 1 atom stereocenters. The van der Waals surface area contributed by atoms with E-state index in [0.29, 0.717) is 11.7 Å². The molecule has 0 radical (unpaired) electrons. The Hall–Kier alpha value is -2.65. The van der Waals surface area contributed by atoms with Gasteiger partial charge in [-0.15, -0.1) is 0 Å². The van der Waals surface area contributed by atoms with Crippen LogP contribution in [0.15, 0.2) is 35.1 Å². The molecule has 0 aromatic carbocycles. The minimum absolute atomic E-state index is 0.291. The Kier molecular flexibility index (Phi) is 3.36. The summed E-state index contributed by atoms with van der Waals surface area (Å²) in [5.41, 5.74) is 2.80. The van der Waals surface area contributed by atoms with Crippen molar-refractivity contribution in [2.24, 2.45) is 0 Å². The molecule has 1 aliphatic rings. The summed E-state index contributed by atoms with van der Waals surface area (Å²) in [6.45, 7) is 4.47. The van der Waals surface area contributed by atoms with E-state index in [-0.39, 0.29) is 0 Å². The number of hydrogen-bond donors (Lipinski definition) is 0. The molecule has 0 N–H and O–H groups in total. The Morgan fingerprint density at radius 2 is 2.35 bits per heavy atom. The third-order valence-electron chi connectivity index (χ3n) is 4.43. The molecule has 0 spiro atoms. The maximum atomic E-state index is 9.50. The summed E-state index contributed by atoms with van der Waals surface area (Å²) in [6, 6.07) is 8.27. The molecule has 23 heavy (non-hydrogen) atoms. The van der Waals surface area contributed by atoms with Crippen molar-refractivity contribution in [3.05, 3.63) is 53.4 Å². The lowest BCUT2D eigenvalue weighted by molar-refractivity contribution is 0.308. The van der Waals surface area contributed by atoms with E-state index in [1.807, 2.05) is 35.7 Å². The van der Waals surface area contributed by atoms with E-state index in [0.717, 1.165) is 48.6 Å². The minimum atomic E-state index is 0.291. The van der Waals surface area contributed by atoms with Crippen LogP contribution in [-0.4, -0.2) is 32.5 Å². The van der Waals surface area contributed by atoms with Crippen molar-refractivity contribution in [3.63, 3.8) is 0 Å². The van der Waals surface area contributed by atoms with Crippen LogP contribution < -0.4 is 0 Å². The first kappa shape index (κ1) is 14.0. The van der Waals surface area contributed by atoms with Crippen LogP contribution in [0, 0.1) is 18.3 Å². The fourth-order valence-electron chi connectivity index (χ4n) is 3.32. The fraction of sp³-hybridized carbons (Fsp3) is 0.353. The highest BCUT2D eigenvalue weighted by atomic mass is 16.5. The molecule has 1 aliphatic heterocycles. The molecular formula is C17H17N5O. The van der Waals surface area contributed by atoms with Gasteiger partial charge in [-0.2, -0.15) is 10.2 Å². The number of nitrogens with zero attached hydrogens (tertiary/aromatic N) is 5. The molecule has 1 saturated heterocycles. The van der Waals surface area contributed by atoms with Crippen LogP contribution in [0.4, 0.5) is 0 Å². The van der Waals surface area contributed by atoms with Gasteiger partial charge in [0.1, 0.15) is 6.07 Å². The zero-order valence-electron chi connectivity index (χ0n) is 12.9. The van der Waals surface area contributed by atoms with Crippen molar-refractivity contribution in [3.8, 4) is 6.07 Å². The van der Waals surface area contributed by atoms with E-state index < -0.39 is 0 Å². The van der Waals surface area contributed by atoms with Crippen molar-refractivity contribution in [1.82, 2.24) is 19.4 Å². The minimum Gasteiger partial charge on any atom is -0.339 e. The third kappa shape index (κ3) is 2.49. The summed E-state index contributed by atoms with van der Waals surface area (Å²) in [5, 5.41) is 13.4. The molecule has 3 aromatic rings. The van der Waals surface area contributed by atoms with Gasteiger partial charge >= 0.3 is 0 Å². The van der Waals surface area contributed by atoms with Crippen LogP contribution in [0.25, 0.3) is 5.52 Å². The summed E-state index contributed by atoms with van der Waals surface area (Å²) in [7, 11) is 0. The van der Waals surface area contributed by atoms with E-state index in [1.165, 1.54) is 0 Å². The quantitative estimate of drug-likeness (QED) is 0.743. The molecule has 6 nitrogen and oxygen atoms in total. The van der Waals surface area contributed by atoms with Gasteiger partial charge in [-0.05, 0) is 32.0 Å². The zero-order chi connectivity index (χ0) is 15.8. The number of nitriles is 1. The second-order valence-corrected chi connectivity index (χ2v) is 6.03. The van der Waals surface area contributed by atoms with E-state index in [2.05, 4.69) is 27.3 Å². The largest absolute Gasteiger partial charge is 0.339 e. The first-order valence-corrected chi connectivity index (χ1v) is 7.76. The van der Waals surface area contributed by atoms with Crippen LogP contribution in [0.2, 0.25) is 0 Å². The molecule has 0 amide bonds. The van der Waals surface area contributed by atoms with Gasteiger partial charge in [0.2, 0.25) is 5.89 Å². The number of aromatic nitrogens is 3. The van der Waals surface area contributed by atoms with Gasteiger partial charge in [-0.25, -0.2) is 0 Å². The number of hydrogen-bond acceptors (Lipinski definition) is 5. The second kappa shape index (κ2) is 5.52. The normalized spacial score (nSPS) is 18.5. The maximum absolute atomic E-state index is 9.50. The lowest BCUT2D eigenvalue weighted by Crippen LogP contribution is -2.20. The lowest BCUT2D eigenvalue weighted by atomic mass is 10.1. The Morgan fingerprint density at radius 3 is 3.13 bits per heavy atom. The fourth-order valence-corrected chi connectivity index (χ4v) is 3.32. The van der Waals surface area contributed by atoms with Crippen molar-refractivity contribution >= 4 is 5.52 Å². The molecule has 116 valence electrons. The smallest absolute Gasteiger partial charge is 0.231 e. The van der Waals surface area contributed by atoms with Gasteiger partial charge < -0.3 is 8.92 Å². The molecule has 0 saturated carbocycles. The van der Waals surface area contributed by atoms with Crippen LogP contribution in [-0.2, 0) is 6.54 Å². The van der Waals surface area contributed by atoms with E-state index in [1.54, 1.807) is 0 Å². The second-order valence-electron chi connectivity index (χ2n) is 6.03. The van der Waals surface area contributed by atoms with Crippen LogP contribution >= 0.6 is 0 Å². The lowest BCUT2D eigenvalue weighted by Gasteiger charge is -2.14. The summed E-state index contributed by atoms with van der Waals surface area (Å²) >= 11 is 0. The van der Waals surface area contributed by atoms with Crippen molar-refractivity contribution in [2.75, 3.05) is 13.1 Å². The molecule has 0 bridgehead atoms. The van der Waals surface area contributed by atoms with Crippen LogP contribution in [0.3, 0.4) is 0 Å². The molecule has 1 fully saturated rings. The molecular weight excluding hydrogens is 290 g/mol. The van der Waals surface area contributed by atoms with Gasteiger partial charge in [0.05, 0.1) is 17.0 Å². The molecule has 3 aromatic heterocycles. The molecule has 0 unspecified atom stereocenters. The number of aryl methyl sites for hydroxylation is 1. The number of likely N-dealkylation sites (tertiary alicyclic amines) is 1. The summed E-state index contributed by atoms with van der Waals surface area (Å²) in [4.78, 5) is 6.69. The van der Waals surface area contributed by atoms with Crippen molar-refractivity contribution < 1.29 is 4.52 Å². The first-order valence-electron chi connectivity index (χ1n) is 7.76. The molecule has 6 heteroatoms. The van der Waals surface area contributed by atoms with E-state index >= 15 is 0 Å². The van der Waals surface area contributed by atoms with Gasteiger partial charge in [0.25, 0.3) is 0 Å². The standard InChI is InChI=1S/C17H17N5O/c1-12-19-17(23-20-12)13-5-7-21(9-13)10-14-11-22-6-3-2-4-16(22)15(14)8-18/h2-4,6,11,13H,5,7,9-10H2,1H3/t13-/m1/s1. The SMILES string of the molecule is Cc1noc([C@@H]2CCN(Cc3cn4ccccc4c3C#N)C2)n1. The van der Waals surface area contributed by atoms with Gasteiger partial charge in [-0.3, -0.25) is 4.90 Å². The summed E-state index contributed by atoms with van der Waals surface area (Å²) < 4.78 is 7.31. The number of pyridine rings is 1. The molecule has 0 aliphatic carbocycles. The summed E-state index contributed by atoms with van der Waals surface area (Å²) in [5.74, 6) is 1.70. The summed E-state index contributed by atoms with van der Waals surface area (Å²) in [6.07, 6.45) is 5.04. The molecule has 4 rings (SSSR count). The number of fused-ring (bicyclic) bond motifs is 1. The maximum Gasteiger partial charge on any atom is 0.231 e. The predicted molar refractivity (Wildman–Crippen MR) is 83.8 cm³/mol. The highest BCUT2D eigenvalue weighted by molar-refractivity contribution is 5.65. The average Bonchev–Trinajstić information content (AvgIpc) is 3.25. The van der Waals surface area contributed by atoms with Crippen molar-refractivity contribution in [1.29, 1.82) is 5.26 Å².